The molecule has 0 atom stereocenters. The maximum atomic E-state index is 11.8. The average molecular weight is 345 g/mol. The average Bonchev–Trinajstić information content (AvgIpc) is 2.87. The summed E-state index contributed by atoms with van der Waals surface area (Å²) in [6.07, 6.45) is 0. The third kappa shape index (κ3) is 5.98. The van der Waals surface area contributed by atoms with Crippen molar-refractivity contribution in [3.8, 4) is 0 Å². The molecule has 1 heterocycles. The summed E-state index contributed by atoms with van der Waals surface area (Å²) in [6, 6.07) is 3.01. The van der Waals surface area contributed by atoms with Crippen molar-refractivity contribution in [3.63, 3.8) is 0 Å². The largest absolute Gasteiger partial charge is 0.462 e. The van der Waals surface area contributed by atoms with Gasteiger partial charge in [0.1, 0.15) is 16.6 Å². The summed E-state index contributed by atoms with van der Waals surface area (Å²) in [6.45, 7) is 10.5. The number of rotatable bonds is 9. The zero-order valence-electron chi connectivity index (χ0n) is 14.5. The molecule has 7 heteroatoms. The van der Waals surface area contributed by atoms with Gasteiger partial charge in [0.05, 0.1) is 12.3 Å². The summed E-state index contributed by atoms with van der Waals surface area (Å²) in [7, 11) is 2.75. The second kappa shape index (κ2) is 8.55. The van der Waals surface area contributed by atoms with Crippen LogP contribution >= 0.6 is 11.3 Å². The van der Waals surface area contributed by atoms with Crippen LogP contribution in [0.25, 0.3) is 0 Å². The fraction of sp³-hybridized carbons (Fsp3) is 0.667. The van der Waals surface area contributed by atoms with E-state index in [2.05, 4.69) is 25.0 Å². The molecule has 0 saturated carbocycles. The molecule has 0 saturated heterocycles. The molecule has 0 amide bonds. The van der Waals surface area contributed by atoms with Crippen LogP contribution in [0.4, 0.5) is 10.7 Å². The Bertz CT molecular complexity index is 486. The van der Waals surface area contributed by atoms with E-state index >= 15 is 0 Å². The first kappa shape index (κ1) is 19.0. The van der Waals surface area contributed by atoms with Crippen LogP contribution in [0.1, 0.15) is 16.6 Å². The van der Waals surface area contributed by atoms with Crippen molar-refractivity contribution in [2.24, 2.45) is 0 Å². The number of esters is 1. The maximum absolute atomic E-state index is 11.8. The number of nitrogens with one attached hydrogen (secondary N) is 1. The van der Waals surface area contributed by atoms with Crippen molar-refractivity contribution in [1.82, 2.24) is 0 Å². The number of carbonyl (C=O) groups is 1. The molecule has 0 aromatic carbocycles. The van der Waals surface area contributed by atoms with E-state index in [-0.39, 0.29) is 5.97 Å². The summed E-state index contributed by atoms with van der Waals surface area (Å²) < 4.78 is 10.8. The molecule has 0 spiro atoms. The van der Waals surface area contributed by atoms with Gasteiger partial charge in [-0.2, -0.15) is 0 Å². The van der Waals surface area contributed by atoms with Gasteiger partial charge in [0.25, 0.3) is 0 Å². The SMILES string of the molecule is CCOC(=O)c1cc(N(C)COCC[Si](C)(C)C)c(NC)s1. The van der Waals surface area contributed by atoms with Gasteiger partial charge in [0, 0.05) is 28.8 Å². The van der Waals surface area contributed by atoms with Crippen molar-refractivity contribution in [2.75, 3.05) is 44.3 Å². The van der Waals surface area contributed by atoms with Crippen LogP contribution in [-0.4, -0.2) is 48.1 Å². The minimum absolute atomic E-state index is 0.275. The van der Waals surface area contributed by atoms with Gasteiger partial charge in [0.2, 0.25) is 0 Å². The first-order chi connectivity index (χ1) is 10.3. The first-order valence-corrected chi connectivity index (χ1v) is 12.1. The summed E-state index contributed by atoms with van der Waals surface area (Å²) in [4.78, 5) is 14.5. The Labute approximate surface area is 138 Å². The molecule has 5 nitrogen and oxygen atoms in total. The van der Waals surface area contributed by atoms with Gasteiger partial charge in [-0.3, -0.25) is 0 Å². The standard InChI is InChI=1S/C15H28N2O3SSi/c1-7-20-15(18)13-10-12(14(16-2)21-13)17(3)11-19-8-9-22(4,5)6/h10,16H,7-9,11H2,1-6H3. The second-order valence-electron chi connectivity index (χ2n) is 6.34. The number of ether oxygens (including phenoxy) is 2. The molecule has 0 unspecified atom stereocenters. The number of anilines is 2. The number of carbonyl (C=O) groups excluding carboxylic acids is 1. The number of hydrogen-bond acceptors (Lipinski definition) is 6. The fourth-order valence-electron chi connectivity index (χ4n) is 1.80. The van der Waals surface area contributed by atoms with Crippen LogP contribution in [0, 0.1) is 0 Å². The summed E-state index contributed by atoms with van der Waals surface area (Å²) in [5.74, 6) is -0.275. The van der Waals surface area contributed by atoms with Gasteiger partial charge in [0.15, 0.2) is 0 Å². The van der Waals surface area contributed by atoms with Crippen molar-refractivity contribution in [2.45, 2.75) is 32.6 Å². The minimum Gasteiger partial charge on any atom is -0.462 e. The summed E-state index contributed by atoms with van der Waals surface area (Å²) in [5.41, 5.74) is 0.962. The van der Waals surface area contributed by atoms with Crippen molar-refractivity contribution in [3.05, 3.63) is 10.9 Å². The Morgan fingerprint density at radius 2 is 2.09 bits per heavy atom. The topological polar surface area (TPSA) is 50.8 Å². The molecular formula is C15H28N2O3SSi. The van der Waals surface area contributed by atoms with E-state index in [1.165, 1.54) is 11.3 Å². The van der Waals surface area contributed by atoms with Crippen LogP contribution in [0.2, 0.25) is 25.7 Å². The quantitative estimate of drug-likeness (QED) is 0.320. The van der Waals surface area contributed by atoms with E-state index in [4.69, 9.17) is 9.47 Å². The molecule has 0 radical (unpaired) electrons. The highest BCUT2D eigenvalue weighted by Crippen LogP contribution is 2.35. The lowest BCUT2D eigenvalue weighted by Gasteiger charge is -2.21. The van der Waals surface area contributed by atoms with E-state index in [9.17, 15) is 4.79 Å². The minimum atomic E-state index is -1.06. The number of thiophene rings is 1. The summed E-state index contributed by atoms with van der Waals surface area (Å²) >= 11 is 1.40. The Balaban J connectivity index is 2.64. The lowest BCUT2D eigenvalue weighted by molar-refractivity contribution is 0.0532. The third-order valence-corrected chi connectivity index (χ3v) is 5.93. The van der Waals surface area contributed by atoms with E-state index in [0.717, 1.165) is 23.3 Å². The third-order valence-electron chi connectivity index (χ3n) is 3.11. The van der Waals surface area contributed by atoms with Crippen LogP contribution in [0.5, 0.6) is 0 Å². The van der Waals surface area contributed by atoms with Gasteiger partial charge < -0.3 is 19.7 Å². The van der Waals surface area contributed by atoms with Gasteiger partial charge in [-0.05, 0) is 19.0 Å². The molecule has 1 rings (SSSR count). The van der Waals surface area contributed by atoms with E-state index in [0.29, 0.717) is 18.2 Å². The van der Waals surface area contributed by atoms with Crippen LogP contribution in [0.15, 0.2) is 6.07 Å². The van der Waals surface area contributed by atoms with Crippen molar-refractivity contribution in [1.29, 1.82) is 0 Å². The highest BCUT2D eigenvalue weighted by molar-refractivity contribution is 7.18. The molecule has 22 heavy (non-hydrogen) atoms. The normalized spacial score (nSPS) is 11.4. The van der Waals surface area contributed by atoms with Gasteiger partial charge >= 0.3 is 5.97 Å². The predicted octanol–water partition coefficient (Wildman–Crippen LogP) is 3.72. The Kier molecular flexibility index (Phi) is 7.38. The molecule has 0 aliphatic heterocycles. The predicted molar refractivity (Wildman–Crippen MR) is 97.2 cm³/mol. The zero-order valence-corrected chi connectivity index (χ0v) is 16.3. The molecule has 0 aliphatic rings. The van der Waals surface area contributed by atoms with Gasteiger partial charge in [-0.15, -0.1) is 11.3 Å². The van der Waals surface area contributed by atoms with Crippen LogP contribution in [0.3, 0.4) is 0 Å². The fourth-order valence-corrected chi connectivity index (χ4v) is 3.51. The highest BCUT2D eigenvalue weighted by atomic mass is 32.1. The summed E-state index contributed by atoms with van der Waals surface area (Å²) in [5, 5.41) is 4.07. The Morgan fingerprint density at radius 1 is 1.41 bits per heavy atom. The molecule has 1 aromatic heterocycles. The highest BCUT2D eigenvalue weighted by Gasteiger charge is 2.18. The second-order valence-corrected chi connectivity index (χ2v) is 13.0. The molecule has 0 fully saturated rings. The van der Waals surface area contributed by atoms with Crippen molar-refractivity contribution >= 4 is 36.1 Å². The van der Waals surface area contributed by atoms with Crippen molar-refractivity contribution < 1.29 is 14.3 Å². The van der Waals surface area contributed by atoms with E-state index in [1.54, 1.807) is 0 Å². The molecule has 126 valence electrons. The van der Waals surface area contributed by atoms with E-state index in [1.807, 2.05) is 32.0 Å². The molecule has 1 N–H and O–H groups in total. The maximum Gasteiger partial charge on any atom is 0.348 e. The zero-order chi connectivity index (χ0) is 16.8. The van der Waals surface area contributed by atoms with Gasteiger partial charge in [-0.1, -0.05) is 19.6 Å². The molecule has 1 aromatic rings. The lowest BCUT2D eigenvalue weighted by Crippen LogP contribution is -2.25. The molecule has 0 aliphatic carbocycles. The first-order valence-electron chi connectivity index (χ1n) is 7.56. The Hall–Kier alpha value is -1.05. The smallest absolute Gasteiger partial charge is 0.348 e. The lowest BCUT2D eigenvalue weighted by atomic mass is 10.4. The monoisotopic (exact) mass is 344 g/mol. The van der Waals surface area contributed by atoms with Crippen LogP contribution in [-0.2, 0) is 9.47 Å². The molecule has 0 bridgehead atoms. The number of hydrogen-bond donors (Lipinski definition) is 1. The Morgan fingerprint density at radius 3 is 2.64 bits per heavy atom. The van der Waals surface area contributed by atoms with Crippen LogP contribution < -0.4 is 10.2 Å². The number of nitrogens with zero attached hydrogens (tertiary/aromatic N) is 1. The molecular weight excluding hydrogens is 316 g/mol. The van der Waals surface area contributed by atoms with Gasteiger partial charge in [-0.25, -0.2) is 4.79 Å². The van der Waals surface area contributed by atoms with E-state index < -0.39 is 8.07 Å².